The highest BCUT2D eigenvalue weighted by atomic mass is 16.6. The van der Waals surface area contributed by atoms with E-state index in [-0.39, 0.29) is 12.5 Å². The summed E-state index contributed by atoms with van der Waals surface area (Å²) in [4.78, 5) is 38.4. The number of likely N-dealkylation sites (tertiary alicyclic amines) is 1. The second kappa shape index (κ2) is 7.39. The summed E-state index contributed by atoms with van der Waals surface area (Å²) in [5.41, 5.74) is 1.13. The zero-order valence-corrected chi connectivity index (χ0v) is 14.5. The Morgan fingerprint density at radius 3 is 2.27 bits per heavy atom. The van der Waals surface area contributed by atoms with Gasteiger partial charge < -0.3 is 9.47 Å². The average Bonchev–Trinajstić information content (AvgIpc) is 2.87. The van der Waals surface area contributed by atoms with E-state index in [2.05, 4.69) is 0 Å². The number of hydrogen-bond acceptors (Lipinski definition) is 5. The molecule has 6 heteroatoms. The SMILES string of the molecule is COc1ccc(CN2C(=O)[C@@H](OC(=O)c3ccccc3)[C@@H](C)C2=O)cc1. The predicted octanol–water partition coefficient (Wildman–Crippen LogP) is 2.43. The van der Waals surface area contributed by atoms with Crippen LogP contribution in [0.3, 0.4) is 0 Å². The van der Waals surface area contributed by atoms with Gasteiger partial charge in [-0.25, -0.2) is 4.79 Å². The molecule has 2 aromatic rings. The first kappa shape index (κ1) is 17.7. The van der Waals surface area contributed by atoms with E-state index in [1.165, 1.54) is 0 Å². The molecule has 2 atom stereocenters. The molecular weight excluding hydrogens is 334 g/mol. The minimum Gasteiger partial charge on any atom is -0.497 e. The van der Waals surface area contributed by atoms with Gasteiger partial charge in [-0.05, 0) is 36.8 Å². The maximum absolute atomic E-state index is 12.6. The van der Waals surface area contributed by atoms with E-state index in [0.717, 1.165) is 10.5 Å². The van der Waals surface area contributed by atoms with Crippen molar-refractivity contribution in [2.45, 2.75) is 19.6 Å². The van der Waals surface area contributed by atoms with Crippen molar-refractivity contribution in [3.05, 3.63) is 65.7 Å². The van der Waals surface area contributed by atoms with Crippen LogP contribution < -0.4 is 4.74 Å². The van der Waals surface area contributed by atoms with Crippen molar-refractivity contribution in [2.75, 3.05) is 7.11 Å². The van der Waals surface area contributed by atoms with Gasteiger partial charge >= 0.3 is 5.97 Å². The summed E-state index contributed by atoms with van der Waals surface area (Å²) < 4.78 is 10.4. The summed E-state index contributed by atoms with van der Waals surface area (Å²) in [7, 11) is 1.57. The summed E-state index contributed by atoms with van der Waals surface area (Å²) in [6.45, 7) is 1.72. The van der Waals surface area contributed by atoms with Crippen molar-refractivity contribution in [2.24, 2.45) is 5.92 Å². The van der Waals surface area contributed by atoms with Crippen LogP contribution in [-0.4, -0.2) is 35.9 Å². The quantitative estimate of drug-likeness (QED) is 0.610. The number of esters is 1. The smallest absolute Gasteiger partial charge is 0.338 e. The van der Waals surface area contributed by atoms with Crippen molar-refractivity contribution in [1.82, 2.24) is 4.90 Å². The van der Waals surface area contributed by atoms with Crippen LogP contribution in [0, 0.1) is 5.92 Å². The molecule has 2 amide bonds. The van der Waals surface area contributed by atoms with E-state index >= 15 is 0 Å². The molecule has 0 aliphatic carbocycles. The highest BCUT2D eigenvalue weighted by Crippen LogP contribution is 2.26. The lowest BCUT2D eigenvalue weighted by molar-refractivity contribution is -0.141. The van der Waals surface area contributed by atoms with E-state index < -0.39 is 23.9 Å². The zero-order chi connectivity index (χ0) is 18.7. The molecule has 134 valence electrons. The molecule has 1 aliphatic heterocycles. The number of carbonyl (C=O) groups is 3. The van der Waals surface area contributed by atoms with Crippen LogP contribution >= 0.6 is 0 Å². The molecule has 1 fully saturated rings. The first-order valence-electron chi connectivity index (χ1n) is 8.25. The van der Waals surface area contributed by atoms with Crippen LogP contribution in [0.25, 0.3) is 0 Å². The topological polar surface area (TPSA) is 72.9 Å². The van der Waals surface area contributed by atoms with Gasteiger partial charge in [0, 0.05) is 0 Å². The maximum Gasteiger partial charge on any atom is 0.338 e. The van der Waals surface area contributed by atoms with Crippen LogP contribution in [0.2, 0.25) is 0 Å². The van der Waals surface area contributed by atoms with E-state index in [9.17, 15) is 14.4 Å². The van der Waals surface area contributed by atoms with Gasteiger partial charge in [0.25, 0.3) is 5.91 Å². The van der Waals surface area contributed by atoms with Gasteiger partial charge in [-0.1, -0.05) is 30.3 Å². The number of ether oxygens (including phenoxy) is 2. The molecule has 2 aromatic carbocycles. The van der Waals surface area contributed by atoms with E-state index in [0.29, 0.717) is 11.3 Å². The number of nitrogens with zero attached hydrogens (tertiary/aromatic N) is 1. The molecule has 26 heavy (non-hydrogen) atoms. The van der Waals surface area contributed by atoms with Crippen LogP contribution in [0.5, 0.6) is 5.75 Å². The van der Waals surface area contributed by atoms with Gasteiger partial charge in [0.1, 0.15) is 5.75 Å². The van der Waals surface area contributed by atoms with Gasteiger partial charge in [0.2, 0.25) is 5.91 Å². The summed E-state index contributed by atoms with van der Waals surface area (Å²) >= 11 is 0. The molecule has 1 aliphatic rings. The molecule has 1 heterocycles. The van der Waals surface area contributed by atoms with Gasteiger partial charge in [-0.3, -0.25) is 14.5 Å². The highest BCUT2D eigenvalue weighted by molar-refractivity contribution is 6.07. The molecule has 6 nitrogen and oxygen atoms in total. The summed E-state index contributed by atoms with van der Waals surface area (Å²) in [5.74, 6) is -1.49. The normalized spacial score (nSPS) is 19.5. The van der Waals surface area contributed by atoms with Crippen molar-refractivity contribution in [3.8, 4) is 5.75 Å². The fourth-order valence-corrected chi connectivity index (χ4v) is 2.83. The van der Waals surface area contributed by atoms with Crippen molar-refractivity contribution >= 4 is 17.8 Å². The molecule has 0 saturated carbocycles. The molecule has 3 rings (SSSR count). The van der Waals surface area contributed by atoms with Crippen LogP contribution in [-0.2, 0) is 20.9 Å². The Morgan fingerprint density at radius 2 is 1.65 bits per heavy atom. The van der Waals surface area contributed by atoms with E-state index in [1.807, 2.05) is 0 Å². The molecular formula is C20H19NO5. The lowest BCUT2D eigenvalue weighted by Crippen LogP contribution is -2.33. The third-order valence-electron chi connectivity index (χ3n) is 4.36. The van der Waals surface area contributed by atoms with Crippen molar-refractivity contribution in [3.63, 3.8) is 0 Å². The Hall–Kier alpha value is -3.15. The zero-order valence-electron chi connectivity index (χ0n) is 14.5. The number of imide groups is 1. The van der Waals surface area contributed by atoms with Crippen LogP contribution in [0.1, 0.15) is 22.8 Å². The third kappa shape index (κ3) is 3.44. The summed E-state index contributed by atoms with van der Waals surface area (Å²) in [6.07, 6.45) is -1.10. The molecule has 0 bridgehead atoms. The maximum atomic E-state index is 12.6. The molecule has 0 radical (unpaired) electrons. The van der Waals surface area contributed by atoms with Gasteiger partial charge in [-0.2, -0.15) is 0 Å². The van der Waals surface area contributed by atoms with Gasteiger partial charge in [0.15, 0.2) is 6.10 Å². The summed E-state index contributed by atoms with van der Waals surface area (Å²) in [5, 5.41) is 0. The Bertz CT molecular complexity index is 816. The number of amides is 2. The predicted molar refractivity (Wildman–Crippen MR) is 93.4 cm³/mol. The largest absolute Gasteiger partial charge is 0.497 e. The van der Waals surface area contributed by atoms with Crippen molar-refractivity contribution < 1.29 is 23.9 Å². The van der Waals surface area contributed by atoms with Gasteiger partial charge in [-0.15, -0.1) is 0 Å². The molecule has 0 aromatic heterocycles. The Balaban J connectivity index is 1.72. The highest BCUT2D eigenvalue weighted by Gasteiger charge is 2.47. The second-order valence-electron chi connectivity index (χ2n) is 6.09. The van der Waals surface area contributed by atoms with Crippen LogP contribution in [0.4, 0.5) is 0 Å². The second-order valence-corrected chi connectivity index (χ2v) is 6.09. The standard InChI is InChI=1S/C20H19NO5/c1-13-17(26-20(24)15-6-4-3-5-7-15)19(23)21(18(13)22)12-14-8-10-16(25-2)11-9-14/h3-11,13,17H,12H2,1-2H3/t13-,17+/m1/s1. The number of benzene rings is 2. The number of carbonyl (C=O) groups excluding carboxylic acids is 3. The molecule has 1 saturated heterocycles. The van der Waals surface area contributed by atoms with Crippen LogP contribution in [0.15, 0.2) is 54.6 Å². The Kier molecular flexibility index (Phi) is 5.02. The molecule has 0 unspecified atom stereocenters. The third-order valence-corrected chi connectivity index (χ3v) is 4.36. The first-order valence-corrected chi connectivity index (χ1v) is 8.25. The molecule has 0 N–H and O–H groups in total. The Morgan fingerprint density at radius 1 is 1.00 bits per heavy atom. The number of methoxy groups -OCH3 is 1. The lowest BCUT2D eigenvalue weighted by atomic mass is 10.1. The molecule has 0 spiro atoms. The number of hydrogen-bond donors (Lipinski definition) is 0. The van der Waals surface area contributed by atoms with E-state index in [1.54, 1.807) is 68.6 Å². The monoisotopic (exact) mass is 353 g/mol. The van der Waals surface area contributed by atoms with E-state index in [4.69, 9.17) is 9.47 Å². The fourth-order valence-electron chi connectivity index (χ4n) is 2.83. The first-order chi connectivity index (χ1) is 12.5. The average molecular weight is 353 g/mol. The minimum absolute atomic E-state index is 0.130. The number of rotatable bonds is 5. The summed E-state index contributed by atoms with van der Waals surface area (Å²) in [6, 6.07) is 15.5. The lowest BCUT2D eigenvalue weighted by Gasteiger charge is -2.15. The van der Waals surface area contributed by atoms with Crippen molar-refractivity contribution in [1.29, 1.82) is 0 Å². The fraction of sp³-hybridized carbons (Fsp3) is 0.250. The van der Waals surface area contributed by atoms with Gasteiger partial charge in [0.05, 0.1) is 25.1 Å². The minimum atomic E-state index is -1.10. The Labute approximate surface area is 151 Å².